The minimum atomic E-state index is -3.92. The minimum absolute atomic E-state index is 0.124. The summed E-state index contributed by atoms with van der Waals surface area (Å²) in [7, 11) is -3.92. The van der Waals surface area contributed by atoms with Crippen LogP contribution >= 0.6 is 0 Å². The highest BCUT2D eigenvalue weighted by molar-refractivity contribution is 7.89. The van der Waals surface area contributed by atoms with Gasteiger partial charge in [-0.15, -0.1) is 0 Å². The molecule has 3 aromatic carbocycles. The predicted molar refractivity (Wildman–Crippen MR) is 120 cm³/mol. The quantitative estimate of drug-likeness (QED) is 0.544. The van der Waals surface area contributed by atoms with Crippen LogP contribution in [0.25, 0.3) is 0 Å². The Labute approximate surface area is 182 Å². The zero-order chi connectivity index (χ0) is 22.4. The predicted octanol–water partition coefficient (Wildman–Crippen LogP) is 4.85. The van der Waals surface area contributed by atoms with Gasteiger partial charge in [0, 0.05) is 18.8 Å². The highest BCUT2D eigenvalue weighted by Crippen LogP contribution is 2.23. The van der Waals surface area contributed by atoms with Crippen molar-refractivity contribution in [3.05, 3.63) is 95.3 Å². The summed E-state index contributed by atoms with van der Waals surface area (Å²) in [6.45, 7) is 4.10. The van der Waals surface area contributed by atoms with Crippen LogP contribution in [0.1, 0.15) is 35.3 Å². The lowest BCUT2D eigenvalue weighted by Gasteiger charge is -2.21. The van der Waals surface area contributed by atoms with Gasteiger partial charge in [0.25, 0.3) is 5.91 Å². The van der Waals surface area contributed by atoms with Crippen molar-refractivity contribution in [2.45, 2.75) is 31.7 Å². The maximum absolute atomic E-state index is 14.5. The minimum Gasteiger partial charge on any atom is -0.322 e. The van der Waals surface area contributed by atoms with Crippen molar-refractivity contribution < 1.29 is 17.6 Å². The number of sulfonamides is 1. The molecule has 1 N–H and O–H groups in total. The Morgan fingerprint density at radius 3 is 2.32 bits per heavy atom. The summed E-state index contributed by atoms with van der Waals surface area (Å²) in [5.41, 5.74) is 1.99. The lowest BCUT2D eigenvalue weighted by atomic mass is 10.1. The number of para-hydroxylation sites is 1. The summed E-state index contributed by atoms with van der Waals surface area (Å²) < 4.78 is 42.1. The van der Waals surface area contributed by atoms with Gasteiger partial charge in [-0.3, -0.25) is 4.79 Å². The molecular weight excluding hydrogens is 415 g/mol. The second-order valence-electron chi connectivity index (χ2n) is 7.02. The normalized spacial score (nSPS) is 11.5. The zero-order valence-corrected chi connectivity index (χ0v) is 18.3. The third kappa shape index (κ3) is 5.18. The van der Waals surface area contributed by atoms with Crippen LogP contribution in [-0.2, 0) is 23.0 Å². The molecule has 0 saturated heterocycles. The second-order valence-corrected chi connectivity index (χ2v) is 8.96. The maximum atomic E-state index is 14.5. The standard InChI is InChI=1S/C24H25FN2O3S/c1-3-19-12-8-9-13-23(19)26-24(28)21-16-20(14-15-22(21)25)31(29,30)27(4-2)17-18-10-6-5-7-11-18/h5-16H,3-4,17H2,1-2H3,(H,26,28). The number of halogens is 1. The molecule has 0 bridgehead atoms. The van der Waals surface area contributed by atoms with Crippen molar-refractivity contribution in [2.24, 2.45) is 0 Å². The van der Waals surface area contributed by atoms with E-state index in [4.69, 9.17) is 0 Å². The third-order valence-electron chi connectivity index (χ3n) is 5.02. The van der Waals surface area contributed by atoms with Crippen molar-refractivity contribution in [3.8, 4) is 0 Å². The van der Waals surface area contributed by atoms with Crippen LogP contribution in [-0.4, -0.2) is 25.2 Å². The number of anilines is 1. The fourth-order valence-corrected chi connectivity index (χ4v) is 4.75. The number of rotatable bonds is 8. The average molecular weight is 441 g/mol. The van der Waals surface area contributed by atoms with E-state index in [0.717, 1.165) is 23.3 Å². The van der Waals surface area contributed by atoms with Gasteiger partial charge in [0.1, 0.15) is 5.82 Å². The van der Waals surface area contributed by atoms with E-state index in [1.807, 2.05) is 49.4 Å². The molecule has 31 heavy (non-hydrogen) atoms. The van der Waals surface area contributed by atoms with Crippen LogP contribution < -0.4 is 5.32 Å². The molecule has 0 spiro atoms. The van der Waals surface area contributed by atoms with E-state index >= 15 is 0 Å². The van der Waals surface area contributed by atoms with Gasteiger partial charge in [-0.25, -0.2) is 12.8 Å². The van der Waals surface area contributed by atoms with Gasteiger partial charge in [0.15, 0.2) is 0 Å². The Morgan fingerprint density at radius 2 is 1.65 bits per heavy atom. The van der Waals surface area contributed by atoms with E-state index < -0.39 is 21.7 Å². The molecule has 5 nitrogen and oxygen atoms in total. The summed E-state index contributed by atoms with van der Waals surface area (Å²) in [6.07, 6.45) is 0.693. The van der Waals surface area contributed by atoms with E-state index in [1.165, 1.54) is 10.4 Å². The number of carbonyl (C=O) groups excluding carboxylic acids is 1. The molecule has 3 rings (SSSR count). The maximum Gasteiger partial charge on any atom is 0.258 e. The van der Waals surface area contributed by atoms with Crippen molar-refractivity contribution >= 4 is 21.6 Å². The molecule has 0 aliphatic carbocycles. The number of nitrogens with zero attached hydrogens (tertiary/aromatic N) is 1. The SMILES string of the molecule is CCc1ccccc1NC(=O)c1cc(S(=O)(=O)N(CC)Cc2ccccc2)ccc1F. The van der Waals surface area contributed by atoms with Gasteiger partial charge < -0.3 is 5.32 Å². The fourth-order valence-electron chi connectivity index (χ4n) is 3.28. The van der Waals surface area contributed by atoms with E-state index in [0.29, 0.717) is 12.1 Å². The number of carbonyl (C=O) groups is 1. The average Bonchev–Trinajstić information content (AvgIpc) is 2.78. The summed E-state index contributed by atoms with van der Waals surface area (Å²) in [6, 6.07) is 19.7. The topological polar surface area (TPSA) is 66.5 Å². The first-order valence-electron chi connectivity index (χ1n) is 10.1. The van der Waals surface area contributed by atoms with Crippen LogP contribution in [0.5, 0.6) is 0 Å². The highest BCUT2D eigenvalue weighted by atomic mass is 32.2. The first-order chi connectivity index (χ1) is 14.9. The van der Waals surface area contributed by atoms with Gasteiger partial charge >= 0.3 is 0 Å². The van der Waals surface area contributed by atoms with Crippen LogP contribution in [0.3, 0.4) is 0 Å². The monoisotopic (exact) mass is 440 g/mol. The molecule has 0 fully saturated rings. The summed E-state index contributed by atoms with van der Waals surface area (Å²) in [5.74, 6) is -1.47. The molecule has 0 aliphatic rings. The Morgan fingerprint density at radius 1 is 0.968 bits per heavy atom. The largest absolute Gasteiger partial charge is 0.322 e. The molecule has 0 aromatic heterocycles. The van der Waals surface area contributed by atoms with E-state index in [2.05, 4.69) is 5.32 Å². The molecule has 0 unspecified atom stereocenters. The second kappa shape index (κ2) is 9.85. The lowest BCUT2D eigenvalue weighted by molar-refractivity contribution is 0.102. The fraction of sp³-hybridized carbons (Fsp3) is 0.208. The molecule has 162 valence electrons. The summed E-state index contributed by atoms with van der Waals surface area (Å²) in [4.78, 5) is 12.6. The van der Waals surface area contributed by atoms with Gasteiger partial charge in [-0.05, 0) is 41.8 Å². The van der Waals surface area contributed by atoms with Crippen molar-refractivity contribution in [1.82, 2.24) is 4.31 Å². The summed E-state index contributed by atoms with van der Waals surface area (Å²) >= 11 is 0. The van der Waals surface area contributed by atoms with Crippen molar-refractivity contribution in [3.63, 3.8) is 0 Å². The Balaban J connectivity index is 1.90. The smallest absolute Gasteiger partial charge is 0.258 e. The lowest BCUT2D eigenvalue weighted by Crippen LogP contribution is -2.30. The number of benzene rings is 3. The molecule has 0 aliphatic heterocycles. The number of aryl methyl sites for hydroxylation is 1. The van der Waals surface area contributed by atoms with Gasteiger partial charge in [0.05, 0.1) is 10.5 Å². The molecule has 1 amide bonds. The van der Waals surface area contributed by atoms with E-state index in [9.17, 15) is 17.6 Å². The number of amides is 1. The first kappa shape index (κ1) is 22.7. The van der Waals surface area contributed by atoms with Gasteiger partial charge in [0.2, 0.25) is 10.0 Å². The van der Waals surface area contributed by atoms with Crippen LogP contribution in [0.4, 0.5) is 10.1 Å². The van der Waals surface area contributed by atoms with Crippen LogP contribution in [0.2, 0.25) is 0 Å². The molecule has 0 saturated carbocycles. The van der Waals surface area contributed by atoms with E-state index in [-0.39, 0.29) is 23.5 Å². The third-order valence-corrected chi connectivity index (χ3v) is 6.94. The Hall–Kier alpha value is -3.03. The molecule has 7 heteroatoms. The Kier molecular flexibility index (Phi) is 7.20. The van der Waals surface area contributed by atoms with Gasteiger partial charge in [-0.1, -0.05) is 62.4 Å². The first-order valence-corrected chi connectivity index (χ1v) is 11.5. The molecule has 0 radical (unpaired) electrons. The molecule has 0 atom stereocenters. The highest BCUT2D eigenvalue weighted by Gasteiger charge is 2.25. The van der Waals surface area contributed by atoms with Crippen LogP contribution in [0, 0.1) is 5.82 Å². The molecule has 3 aromatic rings. The van der Waals surface area contributed by atoms with E-state index in [1.54, 1.807) is 19.1 Å². The van der Waals surface area contributed by atoms with Crippen LogP contribution in [0.15, 0.2) is 77.7 Å². The van der Waals surface area contributed by atoms with Crippen molar-refractivity contribution in [2.75, 3.05) is 11.9 Å². The molecule has 0 heterocycles. The number of nitrogens with one attached hydrogen (secondary N) is 1. The summed E-state index contributed by atoms with van der Waals surface area (Å²) in [5, 5.41) is 2.69. The Bertz CT molecular complexity index is 1160. The molecular formula is C24H25FN2O3S. The van der Waals surface area contributed by atoms with Crippen molar-refractivity contribution in [1.29, 1.82) is 0 Å². The number of hydrogen-bond acceptors (Lipinski definition) is 3. The van der Waals surface area contributed by atoms with Gasteiger partial charge in [-0.2, -0.15) is 4.31 Å². The zero-order valence-electron chi connectivity index (χ0n) is 17.5. The number of hydrogen-bond donors (Lipinski definition) is 1.